The van der Waals surface area contributed by atoms with Gasteiger partial charge < -0.3 is 10.4 Å². The van der Waals surface area contributed by atoms with Crippen LogP contribution >= 0.6 is 0 Å². The minimum atomic E-state index is -1.28. The summed E-state index contributed by atoms with van der Waals surface area (Å²) in [7, 11) is 0. The highest BCUT2D eigenvalue weighted by Gasteiger charge is 2.49. The number of fused-ring (bicyclic) bond motifs is 1. The lowest BCUT2D eigenvalue weighted by molar-refractivity contribution is -0.137. The summed E-state index contributed by atoms with van der Waals surface area (Å²) in [6, 6.07) is 0.716. The lowest BCUT2D eigenvalue weighted by Gasteiger charge is -2.21. The fraction of sp³-hybridized carbons (Fsp3) is 0.550. The van der Waals surface area contributed by atoms with Gasteiger partial charge in [0.05, 0.1) is 11.1 Å². The third-order valence-corrected chi connectivity index (χ3v) is 5.41. The van der Waals surface area contributed by atoms with Crippen LogP contribution in [0.5, 0.6) is 0 Å². The number of amides is 2. The van der Waals surface area contributed by atoms with Gasteiger partial charge in [-0.2, -0.15) is 0 Å². The minimum Gasteiger partial charge on any atom is -0.481 e. The number of carboxylic acid groups (broad SMARTS) is 1. The summed E-state index contributed by atoms with van der Waals surface area (Å²) in [6.07, 6.45) is 1.71. The first-order chi connectivity index (χ1) is 13.0. The van der Waals surface area contributed by atoms with Crippen molar-refractivity contribution in [3.63, 3.8) is 0 Å². The molecule has 0 bridgehead atoms. The molecule has 2 aliphatic rings. The number of anilines is 1. The minimum absolute atomic E-state index is 0.00567. The first kappa shape index (κ1) is 20.2. The molecule has 3 rings (SSSR count). The molecular weight excluding hydrogens is 370 g/mol. The van der Waals surface area contributed by atoms with Crippen LogP contribution < -0.4 is 10.2 Å². The van der Waals surface area contributed by atoms with Gasteiger partial charge in [0.2, 0.25) is 11.8 Å². The average molecular weight is 394 g/mol. The van der Waals surface area contributed by atoms with Crippen molar-refractivity contribution < 1.29 is 28.3 Å². The number of halogens is 2. The molecule has 152 valence electrons. The van der Waals surface area contributed by atoms with Crippen LogP contribution in [0.1, 0.15) is 63.5 Å². The Labute approximate surface area is 161 Å². The second kappa shape index (κ2) is 7.14. The molecule has 0 aromatic heterocycles. The number of nitrogens with one attached hydrogen (secondary N) is 1. The van der Waals surface area contributed by atoms with E-state index in [1.807, 2.05) is 0 Å². The third-order valence-electron chi connectivity index (χ3n) is 5.41. The molecule has 0 unspecified atom stereocenters. The molecule has 1 saturated carbocycles. The largest absolute Gasteiger partial charge is 0.481 e. The van der Waals surface area contributed by atoms with Gasteiger partial charge in [0.25, 0.3) is 0 Å². The molecule has 28 heavy (non-hydrogen) atoms. The maximum Gasteiger partial charge on any atom is 0.303 e. The average Bonchev–Trinajstić information content (AvgIpc) is 3.40. The number of carboxylic acids is 1. The van der Waals surface area contributed by atoms with Gasteiger partial charge in [0, 0.05) is 18.0 Å². The van der Waals surface area contributed by atoms with E-state index in [2.05, 4.69) is 5.32 Å². The van der Waals surface area contributed by atoms with Crippen LogP contribution in [0.2, 0.25) is 0 Å². The fourth-order valence-corrected chi connectivity index (χ4v) is 3.73. The Morgan fingerprint density at radius 1 is 1.36 bits per heavy atom. The molecule has 0 saturated heterocycles. The summed E-state index contributed by atoms with van der Waals surface area (Å²) in [4.78, 5) is 36.8. The van der Waals surface area contributed by atoms with Crippen molar-refractivity contribution in [2.24, 2.45) is 0 Å². The summed E-state index contributed by atoms with van der Waals surface area (Å²) in [5.41, 5.74) is -1.15. The Kier molecular flexibility index (Phi) is 5.16. The van der Waals surface area contributed by atoms with E-state index in [4.69, 9.17) is 5.11 Å². The molecule has 0 spiro atoms. The molecule has 2 N–H and O–H groups in total. The second-order valence-electron chi connectivity index (χ2n) is 8.18. The van der Waals surface area contributed by atoms with Crippen LogP contribution in [-0.2, 0) is 19.8 Å². The molecule has 1 aliphatic heterocycles. The first-order valence-corrected chi connectivity index (χ1v) is 9.39. The van der Waals surface area contributed by atoms with Crippen molar-refractivity contribution in [3.8, 4) is 0 Å². The smallest absolute Gasteiger partial charge is 0.303 e. The lowest BCUT2D eigenvalue weighted by Crippen LogP contribution is -2.45. The number of carbonyl (C=O) groups is 3. The van der Waals surface area contributed by atoms with Gasteiger partial charge in [0.15, 0.2) is 0 Å². The number of aliphatic carboxylic acids is 1. The van der Waals surface area contributed by atoms with Crippen molar-refractivity contribution >= 4 is 23.5 Å². The standard InChI is InChI=1S/C20H24F2N2O4/c1-10(4-7-15(26)27)23-14(25)9-24-18-13(21)8-12(11-5-6-11)17(22)16(18)20(2,3)19(24)28/h8,10-11H,4-7,9H2,1-3H3,(H,23,25)(H,26,27)/t10-/m0/s1. The van der Waals surface area contributed by atoms with E-state index >= 15 is 4.39 Å². The van der Waals surface area contributed by atoms with Crippen LogP contribution in [0.25, 0.3) is 0 Å². The van der Waals surface area contributed by atoms with E-state index in [0.717, 1.165) is 23.8 Å². The zero-order valence-corrected chi connectivity index (χ0v) is 16.1. The molecular formula is C20H24F2N2O4. The number of nitrogens with zero attached hydrogens (tertiary/aromatic N) is 1. The summed E-state index contributed by atoms with van der Waals surface area (Å²) in [5, 5.41) is 11.3. The Morgan fingerprint density at radius 2 is 2.00 bits per heavy atom. The van der Waals surface area contributed by atoms with Crippen molar-refractivity contribution in [1.29, 1.82) is 0 Å². The molecule has 2 amide bonds. The highest BCUT2D eigenvalue weighted by Crippen LogP contribution is 2.50. The Morgan fingerprint density at radius 3 is 2.57 bits per heavy atom. The summed E-state index contributed by atoms with van der Waals surface area (Å²) in [6.45, 7) is 4.25. The van der Waals surface area contributed by atoms with E-state index in [-0.39, 0.29) is 30.0 Å². The van der Waals surface area contributed by atoms with Gasteiger partial charge in [-0.15, -0.1) is 0 Å². The van der Waals surface area contributed by atoms with E-state index in [0.29, 0.717) is 5.56 Å². The fourth-order valence-electron chi connectivity index (χ4n) is 3.73. The zero-order chi connectivity index (χ0) is 20.8. The third kappa shape index (κ3) is 3.59. The number of hydrogen-bond acceptors (Lipinski definition) is 3. The molecule has 1 aromatic carbocycles. The molecule has 1 aromatic rings. The summed E-state index contributed by atoms with van der Waals surface area (Å²) < 4.78 is 30.0. The van der Waals surface area contributed by atoms with Gasteiger partial charge in [-0.25, -0.2) is 8.78 Å². The predicted octanol–water partition coefficient (Wildman–Crippen LogP) is 2.84. The number of carbonyl (C=O) groups excluding carboxylic acids is 2. The molecule has 1 fully saturated rings. The number of rotatable bonds is 7. The number of hydrogen-bond donors (Lipinski definition) is 2. The predicted molar refractivity (Wildman–Crippen MR) is 98.2 cm³/mol. The molecule has 1 heterocycles. The van der Waals surface area contributed by atoms with E-state index in [9.17, 15) is 18.8 Å². The molecule has 6 nitrogen and oxygen atoms in total. The second-order valence-corrected chi connectivity index (χ2v) is 8.18. The molecule has 8 heteroatoms. The molecule has 1 atom stereocenters. The van der Waals surface area contributed by atoms with Crippen molar-refractivity contribution in [1.82, 2.24) is 5.32 Å². The van der Waals surface area contributed by atoms with E-state index in [1.165, 1.54) is 13.8 Å². The van der Waals surface area contributed by atoms with Crippen molar-refractivity contribution in [2.75, 3.05) is 11.4 Å². The van der Waals surface area contributed by atoms with E-state index < -0.39 is 47.4 Å². The summed E-state index contributed by atoms with van der Waals surface area (Å²) >= 11 is 0. The Balaban J connectivity index is 1.84. The molecule has 0 radical (unpaired) electrons. The maximum absolute atomic E-state index is 15.1. The first-order valence-electron chi connectivity index (χ1n) is 9.39. The highest BCUT2D eigenvalue weighted by atomic mass is 19.1. The van der Waals surface area contributed by atoms with Gasteiger partial charge in [-0.1, -0.05) is 0 Å². The Hall–Kier alpha value is -2.51. The Bertz CT molecular complexity index is 849. The summed E-state index contributed by atoms with van der Waals surface area (Å²) in [5.74, 6) is -3.35. The number of benzene rings is 1. The van der Waals surface area contributed by atoms with Gasteiger partial charge in [0.1, 0.15) is 18.2 Å². The lowest BCUT2D eigenvalue weighted by atomic mass is 9.84. The van der Waals surface area contributed by atoms with Crippen LogP contribution in [0.3, 0.4) is 0 Å². The van der Waals surface area contributed by atoms with Crippen LogP contribution in [0.4, 0.5) is 14.5 Å². The monoisotopic (exact) mass is 394 g/mol. The van der Waals surface area contributed by atoms with Crippen LogP contribution in [-0.4, -0.2) is 35.5 Å². The van der Waals surface area contributed by atoms with Crippen LogP contribution in [0.15, 0.2) is 6.07 Å². The SMILES string of the molecule is C[C@@H](CCC(=O)O)NC(=O)CN1C(=O)C(C)(C)c2c(F)c(C3CC3)cc(F)c21. The van der Waals surface area contributed by atoms with Crippen molar-refractivity contribution in [2.45, 2.75) is 63.8 Å². The molecule has 1 aliphatic carbocycles. The van der Waals surface area contributed by atoms with E-state index in [1.54, 1.807) is 6.92 Å². The highest BCUT2D eigenvalue weighted by molar-refractivity contribution is 6.10. The topological polar surface area (TPSA) is 86.7 Å². The normalized spacial score (nSPS) is 18.8. The van der Waals surface area contributed by atoms with Crippen LogP contribution in [0, 0.1) is 11.6 Å². The van der Waals surface area contributed by atoms with Gasteiger partial charge in [-0.05, 0) is 57.6 Å². The van der Waals surface area contributed by atoms with Gasteiger partial charge in [-0.3, -0.25) is 19.3 Å². The maximum atomic E-state index is 15.1. The van der Waals surface area contributed by atoms with Crippen molar-refractivity contribution in [3.05, 3.63) is 28.8 Å². The zero-order valence-electron chi connectivity index (χ0n) is 16.1. The quantitative estimate of drug-likeness (QED) is 0.745. The van der Waals surface area contributed by atoms with Gasteiger partial charge >= 0.3 is 5.97 Å².